The van der Waals surface area contributed by atoms with Gasteiger partial charge in [-0.05, 0) is 55.7 Å². The maximum absolute atomic E-state index is 13.1. The molecule has 1 unspecified atom stereocenters. The summed E-state index contributed by atoms with van der Waals surface area (Å²) in [6.07, 6.45) is 0.454. The second-order valence-corrected chi connectivity index (χ2v) is 17.7. The third-order valence-corrected chi connectivity index (χ3v) is 12.9. The van der Waals surface area contributed by atoms with Crippen LogP contribution in [0.5, 0.6) is 17.2 Å². The quantitative estimate of drug-likeness (QED) is 0.279. The lowest BCUT2D eigenvalue weighted by Crippen LogP contribution is -2.43. The molecule has 2 aromatic rings. The fourth-order valence-corrected chi connectivity index (χ4v) is 6.88. The Labute approximate surface area is 222 Å². The maximum Gasteiger partial charge on any atom is 0.244 e. The van der Waals surface area contributed by atoms with E-state index < -0.39 is 18.3 Å². The summed E-state index contributed by atoms with van der Waals surface area (Å²) in [5.41, 5.74) is 0. The molecule has 0 spiro atoms. The van der Waals surface area contributed by atoms with Crippen molar-refractivity contribution in [2.45, 2.75) is 63.2 Å². The minimum Gasteiger partial charge on any atom is -0.495 e. The molecule has 0 saturated heterocycles. The van der Waals surface area contributed by atoms with E-state index in [1.165, 1.54) is 19.2 Å². The number of halogens is 3. The fourth-order valence-electron chi connectivity index (χ4n) is 2.89. The summed E-state index contributed by atoms with van der Waals surface area (Å²) in [5.74, 6) is 0.671. The van der Waals surface area contributed by atoms with E-state index in [0.717, 1.165) is 0 Å². The van der Waals surface area contributed by atoms with Crippen LogP contribution in [0.4, 0.5) is 0 Å². The standard InChI is InChI=1S/C23H32BrCl2NO5SSi/c1-15(32-34(6,7)23(2,3)4)10-11-27-33(28,29)21-14-17(8-9-20(21)30-5)31-22-18(25)12-16(24)13-19(22)26/h8-9,12-15,27H,10-11H2,1-7H3. The van der Waals surface area contributed by atoms with Crippen molar-refractivity contribution in [2.75, 3.05) is 13.7 Å². The van der Waals surface area contributed by atoms with Crippen LogP contribution in [-0.4, -0.2) is 36.5 Å². The molecule has 190 valence electrons. The monoisotopic (exact) mass is 611 g/mol. The van der Waals surface area contributed by atoms with E-state index in [9.17, 15) is 8.42 Å². The van der Waals surface area contributed by atoms with Crippen molar-refractivity contribution >= 4 is 57.5 Å². The van der Waals surface area contributed by atoms with E-state index in [0.29, 0.717) is 10.9 Å². The molecular weight excluding hydrogens is 581 g/mol. The van der Waals surface area contributed by atoms with Crippen LogP contribution in [0.3, 0.4) is 0 Å². The number of benzene rings is 2. The second-order valence-electron chi connectivity index (χ2n) is 9.49. The van der Waals surface area contributed by atoms with Gasteiger partial charge >= 0.3 is 0 Å². The summed E-state index contributed by atoms with van der Waals surface area (Å²) in [6.45, 7) is 13.0. The second kappa shape index (κ2) is 11.5. The largest absolute Gasteiger partial charge is 0.495 e. The number of hydrogen-bond donors (Lipinski definition) is 1. The van der Waals surface area contributed by atoms with Gasteiger partial charge in [0.15, 0.2) is 14.1 Å². The highest BCUT2D eigenvalue weighted by molar-refractivity contribution is 9.10. The van der Waals surface area contributed by atoms with E-state index in [1.807, 2.05) is 6.92 Å². The number of sulfonamides is 1. The zero-order valence-electron chi connectivity index (χ0n) is 20.5. The van der Waals surface area contributed by atoms with Crippen LogP contribution in [0.25, 0.3) is 0 Å². The van der Waals surface area contributed by atoms with E-state index in [-0.39, 0.29) is 49.9 Å². The summed E-state index contributed by atoms with van der Waals surface area (Å²) in [6, 6.07) is 7.76. The zero-order valence-corrected chi connectivity index (χ0v) is 25.4. The van der Waals surface area contributed by atoms with Crippen LogP contribution in [0.2, 0.25) is 28.2 Å². The highest BCUT2D eigenvalue weighted by Crippen LogP contribution is 2.40. The van der Waals surface area contributed by atoms with Crippen molar-refractivity contribution in [3.05, 3.63) is 44.8 Å². The highest BCUT2D eigenvalue weighted by Gasteiger charge is 2.38. The zero-order chi connectivity index (χ0) is 25.9. The van der Waals surface area contributed by atoms with Crippen molar-refractivity contribution in [1.82, 2.24) is 4.72 Å². The lowest BCUT2D eigenvalue weighted by Gasteiger charge is -2.38. The molecule has 2 rings (SSSR count). The molecule has 6 nitrogen and oxygen atoms in total. The molecule has 0 fully saturated rings. The number of hydrogen-bond acceptors (Lipinski definition) is 5. The van der Waals surface area contributed by atoms with Crippen molar-refractivity contribution < 1.29 is 22.3 Å². The molecule has 0 amide bonds. The van der Waals surface area contributed by atoms with Gasteiger partial charge in [0.1, 0.15) is 16.4 Å². The highest BCUT2D eigenvalue weighted by atomic mass is 79.9. The Bertz CT molecular complexity index is 1100. The summed E-state index contributed by atoms with van der Waals surface area (Å²) in [4.78, 5) is -0.0465. The normalized spacial score (nSPS) is 13.6. The molecule has 2 aromatic carbocycles. The molecule has 0 aromatic heterocycles. The lowest BCUT2D eigenvalue weighted by atomic mass is 10.2. The predicted molar refractivity (Wildman–Crippen MR) is 145 cm³/mol. The summed E-state index contributed by atoms with van der Waals surface area (Å²) in [7, 11) is -4.41. The first kappa shape index (κ1) is 29.4. The minimum absolute atomic E-state index is 0.0465. The van der Waals surface area contributed by atoms with Gasteiger partial charge in [0, 0.05) is 23.2 Å². The number of methoxy groups -OCH3 is 1. The van der Waals surface area contributed by atoms with Gasteiger partial charge in [-0.15, -0.1) is 0 Å². The van der Waals surface area contributed by atoms with Crippen LogP contribution >= 0.6 is 39.1 Å². The molecular formula is C23H32BrCl2NO5SSi. The Balaban J connectivity index is 2.17. The molecule has 11 heteroatoms. The Morgan fingerprint density at radius 3 is 2.24 bits per heavy atom. The van der Waals surface area contributed by atoms with Gasteiger partial charge in [-0.3, -0.25) is 0 Å². The van der Waals surface area contributed by atoms with Gasteiger partial charge in [0.25, 0.3) is 0 Å². The average Bonchev–Trinajstić information content (AvgIpc) is 2.69. The first-order valence-electron chi connectivity index (χ1n) is 10.8. The molecule has 0 aliphatic rings. The first-order valence-corrected chi connectivity index (χ1v) is 16.7. The topological polar surface area (TPSA) is 73.9 Å². The van der Waals surface area contributed by atoms with E-state index in [1.54, 1.807) is 18.2 Å². The van der Waals surface area contributed by atoms with Gasteiger partial charge < -0.3 is 13.9 Å². The Hall–Kier alpha value is -0.813. The van der Waals surface area contributed by atoms with Gasteiger partial charge in [-0.2, -0.15) is 0 Å². The molecule has 0 saturated carbocycles. The van der Waals surface area contributed by atoms with Crippen molar-refractivity contribution in [1.29, 1.82) is 0 Å². The molecule has 34 heavy (non-hydrogen) atoms. The van der Waals surface area contributed by atoms with Gasteiger partial charge in [-0.25, -0.2) is 13.1 Å². The van der Waals surface area contributed by atoms with Crippen LogP contribution in [0, 0.1) is 0 Å². The average molecular weight is 613 g/mol. The predicted octanol–water partition coefficient (Wildman–Crippen LogP) is 7.64. The van der Waals surface area contributed by atoms with E-state index >= 15 is 0 Å². The Morgan fingerprint density at radius 1 is 1.12 bits per heavy atom. The smallest absolute Gasteiger partial charge is 0.244 e. The lowest BCUT2D eigenvalue weighted by molar-refractivity contribution is 0.190. The minimum atomic E-state index is -3.89. The fraction of sp³-hybridized carbons (Fsp3) is 0.478. The maximum atomic E-state index is 13.1. The molecule has 1 N–H and O–H groups in total. The van der Waals surface area contributed by atoms with Crippen LogP contribution in [0.15, 0.2) is 39.7 Å². The van der Waals surface area contributed by atoms with Gasteiger partial charge in [0.05, 0.1) is 17.2 Å². The number of rotatable bonds is 10. The number of ether oxygens (including phenoxy) is 2. The molecule has 0 radical (unpaired) electrons. The van der Waals surface area contributed by atoms with Gasteiger partial charge in [0.2, 0.25) is 10.0 Å². The summed E-state index contributed by atoms with van der Waals surface area (Å²) >= 11 is 15.8. The molecule has 0 aliphatic carbocycles. The molecule has 1 atom stereocenters. The molecule has 0 heterocycles. The summed E-state index contributed by atoms with van der Waals surface area (Å²) in [5, 5.41) is 0.650. The van der Waals surface area contributed by atoms with Crippen molar-refractivity contribution in [2.24, 2.45) is 0 Å². The molecule has 0 bridgehead atoms. The van der Waals surface area contributed by atoms with Crippen LogP contribution in [-0.2, 0) is 14.4 Å². The summed E-state index contributed by atoms with van der Waals surface area (Å²) < 4.78 is 46.9. The SMILES string of the molecule is COc1ccc(Oc2c(Cl)cc(Br)cc2Cl)cc1S(=O)(=O)NCCC(C)O[Si](C)(C)C(C)(C)C. The third kappa shape index (κ3) is 7.59. The van der Waals surface area contributed by atoms with E-state index in [2.05, 4.69) is 54.5 Å². The molecule has 0 aliphatic heterocycles. The van der Waals surface area contributed by atoms with Crippen molar-refractivity contribution in [3.8, 4) is 17.2 Å². The first-order chi connectivity index (χ1) is 15.6. The third-order valence-electron chi connectivity index (χ3n) is 5.75. The van der Waals surface area contributed by atoms with Crippen molar-refractivity contribution in [3.63, 3.8) is 0 Å². The Kier molecular flexibility index (Phi) is 9.95. The van der Waals surface area contributed by atoms with Gasteiger partial charge in [-0.1, -0.05) is 59.9 Å². The van der Waals surface area contributed by atoms with E-state index in [4.69, 9.17) is 37.1 Å². The van der Waals surface area contributed by atoms with Crippen LogP contribution in [0.1, 0.15) is 34.1 Å². The number of nitrogens with one attached hydrogen (secondary N) is 1. The van der Waals surface area contributed by atoms with Crippen LogP contribution < -0.4 is 14.2 Å². The Morgan fingerprint density at radius 2 is 1.71 bits per heavy atom.